The maximum absolute atomic E-state index is 5.39. The van der Waals surface area contributed by atoms with Crippen LogP contribution < -0.4 is 0 Å². The van der Waals surface area contributed by atoms with Crippen LogP contribution in [0.5, 0.6) is 0 Å². The molecule has 0 aliphatic heterocycles. The zero-order chi connectivity index (χ0) is 16.1. The lowest BCUT2D eigenvalue weighted by atomic mass is 10.0. The van der Waals surface area contributed by atoms with Crippen LogP contribution in [0, 0.1) is 0 Å². The standard InChI is InChI=1S/C20H42OSi/c1-3-5-6-7-8-9-10-11-12-13-14-15-16-17-18-19-20-22-21-4-2/h3-20H2,1-2H3. The molecule has 2 heteroatoms. The van der Waals surface area contributed by atoms with Crippen LogP contribution in [-0.2, 0) is 4.43 Å². The molecule has 0 saturated heterocycles. The first-order valence-electron chi connectivity index (χ1n) is 10.3. The van der Waals surface area contributed by atoms with Gasteiger partial charge in [0.05, 0.1) is 0 Å². The highest BCUT2D eigenvalue weighted by molar-refractivity contribution is 6.26. The molecule has 0 heterocycles. The highest BCUT2D eigenvalue weighted by atomic mass is 28.2. The van der Waals surface area contributed by atoms with Gasteiger partial charge in [-0.05, 0) is 13.0 Å². The van der Waals surface area contributed by atoms with Crippen LogP contribution in [0.4, 0.5) is 0 Å². The fourth-order valence-corrected chi connectivity index (χ4v) is 3.66. The molecule has 0 amide bonds. The van der Waals surface area contributed by atoms with E-state index < -0.39 is 0 Å². The fraction of sp³-hybridized carbons (Fsp3) is 1.00. The van der Waals surface area contributed by atoms with Crippen molar-refractivity contribution in [1.82, 2.24) is 0 Å². The Bertz CT molecular complexity index is 165. The monoisotopic (exact) mass is 326 g/mol. The Labute approximate surface area is 143 Å². The van der Waals surface area contributed by atoms with Crippen LogP contribution >= 0.6 is 0 Å². The van der Waals surface area contributed by atoms with Gasteiger partial charge in [-0.3, -0.25) is 0 Å². The maximum Gasteiger partial charge on any atom is 0.229 e. The normalized spacial score (nSPS) is 11.2. The summed E-state index contributed by atoms with van der Waals surface area (Å²) in [6, 6.07) is 1.28. The van der Waals surface area contributed by atoms with E-state index in [1.807, 2.05) is 0 Å². The van der Waals surface area contributed by atoms with Crippen molar-refractivity contribution in [2.24, 2.45) is 0 Å². The van der Waals surface area contributed by atoms with Crippen molar-refractivity contribution in [3.8, 4) is 0 Å². The minimum atomic E-state index is 0.743. The van der Waals surface area contributed by atoms with Gasteiger partial charge in [-0.25, -0.2) is 0 Å². The Kier molecular flexibility index (Phi) is 21.3. The molecule has 0 unspecified atom stereocenters. The van der Waals surface area contributed by atoms with E-state index in [0.717, 1.165) is 16.4 Å². The van der Waals surface area contributed by atoms with Crippen molar-refractivity contribution < 1.29 is 4.43 Å². The zero-order valence-corrected chi connectivity index (χ0v) is 16.6. The van der Waals surface area contributed by atoms with Gasteiger partial charge in [0, 0.05) is 6.61 Å². The van der Waals surface area contributed by atoms with Crippen molar-refractivity contribution in [2.75, 3.05) is 6.61 Å². The molecule has 0 aliphatic rings. The molecule has 0 fully saturated rings. The summed E-state index contributed by atoms with van der Waals surface area (Å²) in [4.78, 5) is 0. The lowest BCUT2D eigenvalue weighted by Gasteiger charge is -2.03. The molecule has 0 aromatic carbocycles. The molecular formula is C20H42OSi. The number of unbranched alkanes of at least 4 members (excludes halogenated alkanes) is 15. The van der Waals surface area contributed by atoms with Gasteiger partial charge in [0.1, 0.15) is 0 Å². The van der Waals surface area contributed by atoms with E-state index in [9.17, 15) is 0 Å². The van der Waals surface area contributed by atoms with E-state index in [2.05, 4.69) is 13.8 Å². The average Bonchev–Trinajstić information content (AvgIpc) is 2.54. The summed E-state index contributed by atoms with van der Waals surface area (Å²) < 4.78 is 5.39. The molecule has 0 aromatic rings. The third-order valence-electron chi connectivity index (χ3n) is 4.38. The topological polar surface area (TPSA) is 9.23 Å². The van der Waals surface area contributed by atoms with Crippen molar-refractivity contribution in [1.29, 1.82) is 0 Å². The van der Waals surface area contributed by atoms with E-state index >= 15 is 0 Å². The van der Waals surface area contributed by atoms with Crippen molar-refractivity contribution in [3.05, 3.63) is 0 Å². The molecule has 0 spiro atoms. The summed E-state index contributed by atoms with van der Waals surface area (Å²) in [7, 11) is 0.743. The fourth-order valence-electron chi connectivity index (χ4n) is 2.92. The number of rotatable bonds is 19. The van der Waals surface area contributed by atoms with Crippen molar-refractivity contribution in [3.63, 3.8) is 0 Å². The molecule has 0 rings (SSSR count). The summed E-state index contributed by atoms with van der Waals surface area (Å²) in [5.41, 5.74) is 0. The number of hydrogen-bond acceptors (Lipinski definition) is 1. The molecule has 0 N–H and O–H groups in total. The van der Waals surface area contributed by atoms with Crippen LogP contribution in [0.2, 0.25) is 6.04 Å². The second kappa shape index (κ2) is 21.2. The lowest BCUT2D eigenvalue weighted by Crippen LogP contribution is -1.96. The van der Waals surface area contributed by atoms with Crippen LogP contribution in [0.25, 0.3) is 0 Å². The highest BCUT2D eigenvalue weighted by Crippen LogP contribution is 2.13. The minimum absolute atomic E-state index is 0.743. The third kappa shape index (κ3) is 20.2. The Hall–Kier alpha value is 0.177. The molecule has 1 nitrogen and oxygen atoms in total. The second-order valence-electron chi connectivity index (χ2n) is 6.63. The van der Waals surface area contributed by atoms with Gasteiger partial charge in [0.25, 0.3) is 0 Å². The molecule has 22 heavy (non-hydrogen) atoms. The Morgan fingerprint density at radius 2 is 0.864 bits per heavy atom. The summed E-state index contributed by atoms with van der Waals surface area (Å²) >= 11 is 0. The van der Waals surface area contributed by atoms with Gasteiger partial charge in [-0.2, -0.15) is 0 Å². The third-order valence-corrected chi connectivity index (χ3v) is 5.43. The quantitative estimate of drug-likeness (QED) is 0.178. The average molecular weight is 327 g/mol. The molecule has 2 radical (unpaired) electrons. The van der Waals surface area contributed by atoms with Gasteiger partial charge in [-0.1, -0.05) is 110 Å². The maximum atomic E-state index is 5.39. The minimum Gasteiger partial charge on any atom is -0.418 e. The van der Waals surface area contributed by atoms with Crippen LogP contribution in [0.1, 0.15) is 117 Å². The largest absolute Gasteiger partial charge is 0.418 e. The summed E-state index contributed by atoms with van der Waals surface area (Å²) in [6.45, 7) is 5.26. The Balaban J connectivity index is 2.91. The zero-order valence-electron chi connectivity index (χ0n) is 15.6. The van der Waals surface area contributed by atoms with Gasteiger partial charge in [0.15, 0.2) is 0 Å². The van der Waals surface area contributed by atoms with Gasteiger partial charge >= 0.3 is 0 Å². The van der Waals surface area contributed by atoms with E-state index in [1.54, 1.807) is 0 Å². The molecule has 132 valence electrons. The Morgan fingerprint density at radius 1 is 0.500 bits per heavy atom. The smallest absolute Gasteiger partial charge is 0.229 e. The Morgan fingerprint density at radius 3 is 1.23 bits per heavy atom. The molecule has 0 aromatic heterocycles. The summed E-state index contributed by atoms with van der Waals surface area (Å²) in [5.74, 6) is 0. The van der Waals surface area contributed by atoms with E-state index in [4.69, 9.17) is 4.43 Å². The predicted molar refractivity (Wildman–Crippen MR) is 102 cm³/mol. The first kappa shape index (κ1) is 22.2. The molecule has 0 bridgehead atoms. The van der Waals surface area contributed by atoms with E-state index in [-0.39, 0.29) is 0 Å². The van der Waals surface area contributed by atoms with Gasteiger partial charge < -0.3 is 4.43 Å². The summed E-state index contributed by atoms with van der Waals surface area (Å²) in [5, 5.41) is 0. The molecular weight excluding hydrogens is 284 g/mol. The second-order valence-corrected chi connectivity index (χ2v) is 7.71. The van der Waals surface area contributed by atoms with Crippen molar-refractivity contribution >= 4 is 9.76 Å². The van der Waals surface area contributed by atoms with E-state index in [0.29, 0.717) is 0 Å². The molecule has 0 saturated carbocycles. The molecule has 0 atom stereocenters. The van der Waals surface area contributed by atoms with Crippen molar-refractivity contribution in [2.45, 2.75) is 123 Å². The lowest BCUT2D eigenvalue weighted by molar-refractivity contribution is 0.358. The predicted octanol–water partition coefficient (Wildman–Crippen LogP) is 7.32. The van der Waals surface area contributed by atoms with Crippen LogP contribution in [0.15, 0.2) is 0 Å². The van der Waals surface area contributed by atoms with Crippen LogP contribution in [0.3, 0.4) is 0 Å². The molecule has 0 aliphatic carbocycles. The first-order chi connectivity index (χ1) is 10.9. The summed E-state index contributed by atoms with van der Waals surface area (Å²) in [6.07, 6.45) is 23.2. The first-order valence-corrected chi connectivity index (χ1v) is 11.4. The highest BCUT2D eigenvalue weighted by Gasteiger charge is 1.95. The van der Waals surface area contributed by atoms with Crippen LogP contribution in [-0.4, -0.2) is 16.4 Å². The number of hydrogen-bond donors (Lipinski definition) is 0. The van der Waals surface area contributed by atoms with Gasteiger partial charge in [-0.15, -0.1) is 0 Å². The SMILES string of the molecule is CCCCCCCCCCCCCCCCCC[Si]OCC. The van der Waals surface area contributed by atoms with E-state index in [1.165, 1.54) is 109 Å². The van der Waals surface area contributed by atoms with Gasteiger partial charge in [0.2, 0.25) is 9.76 Å².